The van der Waals surface area contributed by atoms with E-state index in [0.29, 0.717) is 18.0 Å². The molecule has 3 aromatic rings. The van der Waals surface area contributed by atoms with Crippen molar-refractivity contribution in [1.82, 2.24) is 4.98 Å². The van der Waals surface area contributed by atoms with Crippen LogP contribution >= 0.6 is 0 Å². The Bertz CT molecular complexity index is 868. The van der Waals surface area contributed by atoms with Crippen molar-refractivity contribution < 1.29 is 14.6 Å². The number of hydrogen-bond acceptors (Lipinski definition) is 4. The summed E-state index contributed by atoms with van der Waals surface area (Å²) in [5.41, 5.74) is 2.74. The Hall–Kier alpha value is -2.95. The number of hydrogen-bond donors (Lipinski definition) is 2. The average molecular weight is 324 g/mol. The van der Waals surface area contributed by atoms with Gasteiger partial charge in [0.2, 0.25) is 0 Å². The number of nitrogens with one attached hydrogen (secondary N) is 1. The van der Waals surface area contributed by atoms with Gasteiger partial charge in [-0.05, 0) is 30.2 Å². The van der Waals surface area contributed by atoms with E-state index in [4.69, 9.17) is 9.47 Å². The molecule has 0 fully saturated rings. The van der Waals surface area contributed by atoms with Crippen molar-refractivity contribution in [1.29, 1.82) is 0 Å². The highest BCUT2D eigenvalue weighted by molar-refractivity contribution is 6.01. The molecule has 0 saturated carbocycles. The van der Waals surface area contributed by atoms with Gasteiger partial charge in [-0.1, -0.05) is 24.3 Å². The van der Waals surface area contributed by atoms with Gasteiger partial charge in [0.05, 0.1) is 19.8 Å². The van der Waals surface area contributed by atoms with Crippen molar-refractivity contribution in [2.75, 3.05) is 20.8 Å². The smallest absolute Gasteiger partial charge is 0.198 e. The van der Waals surface area contributed by atoms with Crippen LogP contribution in [0.15, 0.2) is 47.5 Å². The Morgan fingerprint density at radius 1 is 1.08 bits per heavy atom. The molecule has 0 amide bonds. The first-order valence-corrected chi connectivity index (χ1v) is 7.73. The van der Waals surface area contributed by atoms with Gasteiger partial charge in [-0.25, -0.2) is 0 Å². The number of H-pyrrole nitrogens is 1. The highest BCUT2D eigenvalue weighted by atomic mass is 16.5. The molecule has 1 heterocycles. The Morgan fingerprint density at radius 2 is 1.88 bits per heavy atom. The molecule has 0 aliphatic rings. The normalized spacial score (nSPS) is 11.2. The van der Waals surface area contributed by atoms with Crippen molar-refractivity contribution in [2.45, 2.75) is 6.42 Å². The number of methoxy groups -OCH3 is 2. The monoisotopic (exact) mass is 324 g/mol. The van der Waals surface area contributed by atoms with Crippen molar-refractivity contribution in [3.63, 3.8) is 0 Å². The molecule has 0 aliphatic heterocycles. The van der Waals surface area contributed by atoms with Gasteiger partial charge in [0.25, 0.3) is 0 Å². The number of aromatic hydroxyl groups is 1. The lowest BCUT2D eigenvalue weighted by Gasteiger charge is -2.08. The van der Waals surface area contributed by atoms with Crippen LogP contribution in [-0.2, 0) is 6.42 Å². The van der Waals surface area contributed by atoms with Crippen LogP contribution in [-0.4, -0.2) is 37.1 Å². The van der Waals surface area contributed by atoms with Crippen molar-refractivity contribution in [3.8, 4) is 17.4 Å². The minimum absolute atomic E-state index is 0.145. The Kier molecular flexibility index (Phi) is 4.70. The van der Waals surface area contributed by atoms with Crippen molar-refractivity contribution in [2.24, 2.45) is 4.99 Å². The number of rotatable bonds is 6. The second-order valence-corrected chi connectivity index (χ2v) is 5.41. The van der Waals surface area contributed by atoms with Crippen LogP contribution in [0.2, 0.25) is 0 Å². The first-order valence-electron chi connectivity index (χ1n) is 7.73. The topological polar surface area (TPSA) is 66.8 Å². The van der Waals surface area contributed by atoms with Gasteiger partial charge in [0.1, 0.15) is 0 Å². The maximum Gasteiger partial charge on any atom is 0.198 e. The maximum absolute atomic E-state index is 10.00. The third-order valence-corrected chi connectivity index (χ3v) is 3.92. The van der Waals surface area contributed by atoms with Gasteiger partial charge in [-0.2, -0.15) is 0 Å². The van der Waals surface area contributed by atoms with Crippen molar-refractivity contribution >= 4 is 17.1 Å². The molecule has 2 N–H and O–H groups in total. The lowest BCUT2D eigenvalue weighted by molar-refractivity contribution is 0.354. The number of aromatic nitrogens is 1. The van der Waals surface area contributed by atoms with E-state index >= 15 is 0 Å². The minimum atomic E-state index is 0.145. The zero-order valence-corrected chi connectivity index (χ0v) is 13.7. The summed E-state index contributed by atoms with van der Waals surface area (Å²) < 4.78 is 10.5. The van der Waals surface area contributed by atoms with Crippen LogP contribution in [0.5, 0.6) is 17.4 Å². The predicted octanol–water partition coefficient (Wildman–Crippen LogP) is 3.55. The van der Waals surface area contributed by atoms with E-state index in [1.165, 1.54) is 0 Å². The molecule has 0 bridgehead atoms. The van der Waals surface area contributed by atoms with E-state index in [9.17, 15) is 5.11 Å². The molecule has 3 rings (SSSR count). The summed E-state index contributed by atoms with van der Waals surface area (Å²) >= 11 is 0. The molecule has 0 spiro atoms. The van der Waals surface area contributed by atoms with Gasteiger partial charge in [0, 0.05) is 23.7 Å². The van der Waals surface area contributed by atoms with E-state index < -0.39 is 0 Å². The highest BCUT2D eigenvalue weighted by Gasteiger charge is 2.07. The van der Waals surface area contributed by atoms with Crippen LogP contribution < -0.4 is 9.47 Å². The van der Waals surface area contributed by atoms with Gasteiger partial charge in [0.15, 0.2) is 17.4 Å². The first kappa shape index (κ1) is 15.9. The third-order valence-electron chi connectivity index (χ3n) is 3.92. The van der Waals surface area contributed by atoms with E-state index in [1.54, 1.807) is 20.4 Å². The molecule has 124 valence electrons. The number of nitrogens with zero attached hydrogens (tertiary/aromatic N) is 1. The van der Waals surface area contributed by atoms with Crippen LogP contribution in [0, 0.1) is 0 Å². The molecule has 1 aromatic heterocycles. The maximum atomic E-state index is 10.00. The number of benzene rings is 2. The standard InChI is InChI=1S/C19H20N2O3/c1-23-17-8-7-13(11-18(17)24-2)9-10-20-12-15-14-5-3-4-6-16(14)21-19(15)22/h3-8,11-12,21-22H,9-10H2,1-2H3. The minimum Gasteiger partial charge on any atom is -0.494 e. The zero-order chi connectivity index (χ0) is 16.9. The molecule has 5 nitrogen and oxygen atoms in total. The number of aromatic amines is 1. The molecule has 2 aromatic carbocycles. The number of para-hydroxylation sites is 1. The Morgan fingerprint density at radius 3 is 2.67 bits per heavy atom. The fraction of sp³-hybridized carbons (Fsp3) is 0.211. The van der Waals surface area contributed by atoms with Crippen molar-refractivity contribution in [3.05, 3.63) is 53.6 Å². The Balaban J connectivity index is 1.69. The number of fused-ring (bicyclic) bond motifs is 1. The lowest BCUT2D eigenvalue weighted by atomic mass is 10.1. The number of ether oxygens (including phenoxy) is 2. The molecule has 0 unspecified atom stereocenters. The summed E-state index contributed by atoms with van der Waals surface area (Å²) in [5, 5.41) is 11.0. The Labute approximate surface area is 140 Å². The van der Waals surface area contributed by atoms with E-state index in [-0.39, 0.29) is 5.88 Å². The summed E-state index contributed by atoms with van der Waals surface area (Å²) in [6.07, 6.45) is 2.49. The van der Waals surface area contributed by atoms with E-state index in [0.717, 1.165) is 28.5 Å². The quantitative estimate of drug-likeness (QED) is 0.681. The second-order valence-electron chi connectivity index (χ2n) is 5.41. The molecule has 5 heteroatoms. The fourth-order valence-corrected chi connectivity index (χ4v) is 2.67. The largest absolute Gasteiger partial charge is 0.494 e. The lowest BCUT2D eigenvalue weighted by Crippen LogP contribution is -1.95. The summed E-state index contributed by atoms with van der Waals surface area (Å²) in [6.45, 7) is 0.619. The fourth-order valence-electron chi connectivity index (χ4n) is 2.67. The average Bonchev–Trinajstić information content (AvgIpc) is 2.93. The van der Waals surface area contributed by atoms with E-state index in [2.05, 4.69) is 9.98 Å². The molecule has 24 heavy (non-hydrogen) atoms. The van der Waals surface area contributed by atoms with Crippen LogP contribution in [0.4, 0.5) is 0 Å². The molecule has 0 saturated heterocycles. The summed E-state index contributed by atoms with van der Waals surface area (Å²) in [5.74, 6) is 1.58. The summed E-state index contributed by atoms with van der Waals surface area (Å²) in [4.78, 5) is 7.39. The SMILES string of the molecule is COc1ccc(CCN=Cc2c(O)[nH]c3ccccc23)cc1OC. The summed E-state index contributed by atoms with van der Waals surface area (Å²) in [6, 6.07) is 13.6. The molecule has 0 radical (unpaired) electrons. The molecule has 0 aliphatic carbocycles. The molecule has 0 atom stereocenters. The van der Waals surface area contributed by atoms with Gasteiger partial charge >= 0.3 is 0 Å². The predicted molar refractivity (Wildman–Crippen MR) is 95.7 cm³/mol. The summed E-state index contributed by atoms with van der Waals surface area (Å²) in [7, 11) is 3.25. The van der Waals surface area contributed by atoms with Crippen LogP contribution in [0.3, 0.4) is 0 Å². The van der Waals surface area contributed by atoms with Gasteiger partial charge in [-0.3, -0.25) is 4.99 Å². The van der Waals surface area contributed by atoms with Gasteiger partial charge in [-0.15, -0.1) is 0 Å². The highest BCUT2D eigenvalue weighted by Crippen LogP contribution is 2.28. The molecular weight excluding hydrogens is 304 g/mol. The van der Waals surface area contributed by atoms with Crippen LogP contribution in [0.25, 0.3) is 10.9 Å². The zero-order valence-electron chi connectivity index (χ0n) is 13.7. The van der Waals surface area contributed by atoms with Gasteiger partial charge < -0.3 is 19.6 Å². The second kappa shape index (κ2) is 7.08. The van der Waals surface area contributed by atoms with Crippen LogP contribution in [0.1, 0.15) is 11.1 Å². The molecular formula is C19H20N2O3. The number of aliphatic imine (C=N–C) groups is 1. The first-order chi connectivity index (χ1) is 11.7. The van der Waals surface area contributed by atoms with E-state index in [1.807, 2.05) is 42.5 Å². The third kappa shape index (κ3) is 3.20.